The molecule has 1 rings (SSSR count). The third kappa shape index (κ3) is 4.88. The summed E-state index contributed by atoms with van der Waals surface area (Å²) in [5.74, 6) is 0.850. The average molecular weight is 258 g/mol. The maximum Gasteiger partial charge on any atom is 0.137 e. The van der Waals surface area contributed by atoms with Gasteiger partial charge < -0.3 is 10.1 Å². The Bertz CT molecular complexity index is 334. The highest BCUT2D eigenvalue weighted by atomic mass is 35.5. The molecule has 1 heterocycles. The normalized spacial score (nSPS) is 10.5. The van der Waals surface area contributed by atoms with Crippen LogP contribution < -0.4 is 5.32 Å². The summed E-state index contributed by atoms with van der Waals surface area (Å²) in [6, 6.07) is 0. The van der Waals surface area contributed by atoms with Crippen LogP contribution in [0, 0.1) is 0 Å². The lowest BCUT2D eigenvalue weighted by Crippen LogP contribution is -2.09. The average Bonchev–Trinajstić information content (AvgIpc) is 2.33. The summed E-state index contributed by atoms with van der Waals surface area (Å²) in [6.45, 7) is 6.48. The van der Waals surface area contributed by atoms with Crippen LogP contribution in [0.15, 0.2) is 6.33 Å². The minimum atomic E-state index is 0.550. The Labute approximate surface area is 108 Å². The fraction of sp³-hybridized carbons (Fsp3) is 0.667. The first kappa shape index (κ1) is 14.2. The first-order chi connectivity index (χ1) is 8.29. The molecule has 96 valence electrons. The van der Waals surface area contributed by atoms with E-state index in [0.29, 0.717) is 5.15 Å². The van der Waals surface area contributed by atoms with Crippen molar-refractivity contribution in [1.82, 2.24) is 9.97 Å². The van der Waals surface area contributed by atoms with Gasteiger partial charge in [-0.05, 0) is 19.8 Å². The molecule has 0 spiro atoms. The largest absolute Gasteiger partial charge is 0.382 e. The Morgan fingerprint density at radius 1 is 1.35 bits per heavy atom. The van der Waals surface area contributed by atoms with Crippen molar-refractivity contribution in [3.63, 3.8) is 0 Å². The maximum atomic E-state index is 6.05. The molecule has 0 saturated heterocycles. The van der Waals surface area contributed by atoms with Gasteiger partial charge in [-0.25, -0.2) is 9.97 Å². The molecule has 0 aliphatic heterocycles. The summed E-state index contributed by atoms with van der Waals surface area (Å²) < 4.78 is 5.27. The van der Waals surface area contributed by atoms with Crippen LogP contribution in [-0.2, 0) is 11.2 Å². The number of nitrogens with one attached hydrogen (secondary N) is 1. The Kier molecular flexibility index (Phi) is 6.89. The van der Waals surface area contributed by atoms with Gasteiger partial charge in [0.2, 0.25) is 0 Å². The zero-order valence-electron chi connectivity index (χ0n) is 10.5. The van der Waals surface area contributed by atoms with Crippen LogP contribution >= 0.6 is 11.6 Å². The van der Waals surface area contributed by atoms with E-state index in [2.05, 4.69) is 22.2 Å². The van der Waals surface area contributed by atoms with Crippen LogP contribution in [0.25, 0.3) is 0 Å². The monoisotopic (exact) mass is 257 g/mol. The van der Waals surface area contributed by atoms with Crippen LogP contribution in [0.2, 0.25) is 5.15 Å². The molecular formula is C12H20ClN3O. The maximum absolute atomic E-state index is 6.05. The van der Waals surface area contributed by atoms with E-state index in [0.717, 1.165) is 50.4 Å². The van der Waals surface area contributed by atoms with Crippen LogP contribution in [0.1, 0.15) is 32.3 Å². The molecule has 0 saturated carbocycles. The van der Waals surface area contributed by atoms with E-state index in [1.807, 2.05) is 6.92 Å². The predicted molar refractivity (Wildman–Crippen MR) is 70.6 cm³/mol. The highest BCUT2D eigenvalue weighted by molar-refractivity contribution is 6.30. The molecule has 0 radical (unpaired) electrons. The highest BCUT2D eigenvalue weighted by Gasteiger charge is 2.08. The molecule has 0 amide bonds. The summed E-state index contributed by atoms with van der Waals surface area (Å²) in [5.41, 5.74) is 1.01. The Balaban J connectivity index is 2.48. The van der Waals surface area contributed by atoms with Gasteiger partial charge in [-0.1, -0.05) is 24.9 Å². The lowest BCUT2D eigenvalue weighted by Gasteiger charge is -2.11. The Morgan fingerprint density at radius 2 is 2.18 bits per heavy atom. The molecule has 17 heavy (non-hydrogen) atoms. The summed E-state index contributed by atoms with van der Waals surface area (Å²) in [5, 5.41) is 3.83. The molecule has 1 aromatic rings. The fourth-order valence-corrected chi connectivity index (χ4v) is 1.77. The number of hydrogen-bond acceptors (Lipinski definition) is 4. The smallest absolute Gasteiger partial charge is 0.137 e. The summed E-state index contributed by atoms with van der Waals surface area (Å²) in [4.78, 5) is 8.23. The number of anilines is 1. The molecule has 0 aliphatic rings. The molecular weight excluding hydrogens is 238 g/mol. The zero-order chi connectivity index (χ0) is 12.5. The zero-order valence-corrected chi connectivity index (χ0v) is 11.3. The van der Waals surface area contributed by atoms with Crippen molar-refractivity contribution in [2.75, 3.05) is 25.1 Å². The van der Waals surface area contributed by atoms with Gasteiger partial charge in [0.25, 0.3) is 0 Å². The second-order valence-corrected chi connectivity index (χ2v) is 4.08. The topological polar surface area (TPSA) is 47.0 Å². The van der Waals surface area contributed by atoms with E-state index in [4.69, 9.17) is 16.3 Å². The molecule has 0 aliphatic carbocycles. The lowest BCUT2D eigenvalue weighted by atomic mass is 10.2. The molecule has 0 fully saturated rings. The van der Waals surface area contributed by atoms with Gasteiger partial charge >= 0.3 is 0 Å². The fourth-order valence-electron chi connectivity index (χ4n) is 1.54. The Hall–Kier alpha value is -0.870. The first-order valence-corrected chi connectivity index (χ1v) is 6.48. The lowest BCUT2D eigenvalue weighted by molar-refractivity contribution is 0.147. The standard InChI is InChI=1S/C12H20ClN3O/c1-3-6-10-11(13)15-9-16-12(10)14-7-5-8-17-4-2/h9H,3-8H2,1-2H3,(H,14,15,16). The summed E-state index contributed by atoms with van der Waals surface area (Å²) >= 11 is 6.05. The quantitative estimate of drug-likeness (QED) is 0.575. The van der Waals surface area contributed by atoms with Crippen LogP contribution in [0.4, 0.5) is 5.82 Å². The minimum absolute atomic E-state index is 0.550. The number of rotatable bonds is 8. The number of hydrogen-bond donors (Lipinski definition) is 1. The van der Waals surface area contributed by atoms with Gasteiger partial charge in [-0.2, -0.15) is 0 Å². The van der Waals surface area contributed by atoms with Crippen molar-refractivity contribution in [1.29, 1.82) is 0 Å². The van der Waals surface area contributed by atoms with E-state index >= 15 is 0 Å². The molecule has 1 aromatic heterocycles. The van der Waals surface area contributed by atoms with Crippen LogP contribution in [0.3, 0.4) is 0 Å². The number of ether oxygens (including phenoxy) is 1. The first-order valence-electron chi connectivity index (χ1n) is 6.10. The van der Waals surface area contributed by atoms with E-state index < -0.39 is 0 Å². The number of aromatic nitrogens is 2. The molecule has 1 N–H and O–H groups in total. The van der Waals surface area contributed by atoms with E-state index in [9.17, 15) is 0 Å². The molecule has 0 bridgehead atoms. The third-order valence-electron chi connectivity index (χ3n) is 2.35. The van der Waals surface area contributed by atoms with Gasteiger partial charge in [-0.3, -0.25) is 0 Å². The van der Waals surface area contributed by atoms with Crippen molar-refractivity contribution < 1.29 is 4.74 Å². The van der Waals surface area contributed by atoms with Crippen molar-refractivity contribution in [3.05, 3.63) is 17.0 Å². The summed E-state index contributed by atoms with van der Waals surface area (Å²) in [7, 11) is 0. The molecule has 0 atom stereocenters. The molecule has 0 unspecified atom stereocenters. The van der Waals surface area contributed by atoms with Gasteiger partial charge in [-0.15, -0.1) is 0 Å². The van der Waals surface area contributed by atoms with Gasteiger partial charge in [0.05, 0.1) is 0 Å². The molecule has 0 aromatic carbocycles. The van der Waals surface area contributed by atoms with Crippen molar-refractivity contribution >= 4 is 17.4 Å². The van der Waals surface area contributed by atoms with Crippen molar-refractivity contribution in [2.45, 2.75) is 33.1 Å². The van der Waals surface area contributed by atoms with Crippen LogP contribution in [-0.4, -0.2) is 29.7 Å². The molecule has 4 nitrogen and oxygen atoms in total. The van der Waals surface area contributed by atoms with Crippen LogP contribution in [0.5, 0.6) is 0 Å². The van der Waals surface area contributed by atoms with Crippen molar-refractivity contribution in [3.8, 4) is 0 Å². The molecule has 5 heteroatoms. The third-order valence-corrected chi connectivity index (χ3v) is 2.68. The van der Waals surface area contributed by atoms with E-state index in [1.54, 1.807) is 0 Å². The van der Waals surface area contributed by atoms with Gasteiger partial charge in [0.15, 0.2) is 0 Å². The SMILES string of the molecule is CCCc1c(Cl)ncnc1NCCCOCC. The highest BCUT2D eigenvalue weighted by Crippen LogP contribution is 2.21. The van der Waals surface area contributed by atoms with E-state index in [1.165, 1.54) is 6.33 Å². The predicted octanol–water partition coefficient (Wildman–Crippen LogP) is 2.92. The number of halogens is 1. The van der Waals surface area contributed by atoms with Gasteiger partial charge in [0, 0.05) is 25.3 Å². The van der Waals surface area contributed by atoms with E-state index in [-0.39, 0.29) is 0 Å². The second kappa shape index (κ2) is 8.25. The number of nitrogens with zero attached hydrogens (tertiary/aromatic N) is 2. The Morgan fingerprint density at radius 3 is 2.88 bits per heavy atom. The van der Waals surface area contributed by atoms with Crippen molar-refractivity contribution in [2.24, 2.45) is 0 Å². The summed E-state index contributed by atoms with van der Waals surface area (Å²) in [6.07, 6.45) is 4.38. The second-order valence-electron chi connectivity index (χ2n) is 3.72. The van der Waals surface area contributed by atoms with Gasteiger partial charge in [0.1, 0.15) is 17.3 Å². The minimum Gasteiger partial charge on any atom is -0.382 e.